The molecule has 0 fully saturated rings. The normalized spacial score (nSPS) is 11.1. The Balaban J connectivity index is 1.68. The van der Waals surface area contributed by atoms with Crippen LogP contribution in [-0.4, -0.2) is 31.9 Å². The van der Waals surface area contributed by atoms with E-state index in [-0.39, 0.29) is 5.91 Å². The molecule has 0 radical (unpaired) electrons. The molecule has 3 rings (SSSR count). The van der Waals surface area contributed by atoms with Crippen LogP contribution >= 0.6 is 0 Å². The molecule has 0 aliphatic rings. The average Bonchev–Trinajstić information content (AvgIpc) is 3.24. The Morgan fingerprint density at radius 1 is 1.00 bits per heavy atom. The fourth-order valence-corrected chi connectivity index (χ4v) is 2.63. The molecule has 2 aromatic heterocycles. The summed E-state index contributed by atoms with van der Waals surface area (Å²) in [5.41, 5.74) is 1.05. The van der Waals surface area contributed by atoms with Crippen LogP contribution in [0.2, 0.25) is 0 Å². The molecule has 2 N–H and O–H groups in total. The van der Waals surface area contributed by atoms with Crippen LogP contribution in [0.3, 0.4) is 0 Å². The maximum Gasteiger partial charge on any atom is 0.412 e. The Bertz CT molecular complexity index is 966. The molecule has 0 spiro atoms. The predicted molar refractivity (Wildman–Crippen MR) is 107 cm³/mol. The topological polar surface area (TPSA) is 90.2 Å². The minimum Gasteiger partial charge on any atom is -0.444 e. The summed E-state index contributed by atoms with van der Waals surface area (Å²) >= 11 is 0. The second-order valence-corrected chi connectivity index (χ2v) is 7.25. The van der Waals surface area contributed by atoms with Crippen molar-refractivity contribution in [2.24, 2.45) is 7.05 Å². The van der Waals surface area contributed by atoms with Crippen LogP contribution in [0.4, 0.5) is 16.2 Å². The molecule has 8 nitrogen and oxygen atoms in total. The Kier molecular flexibility index (Phi) is 5.21. The number of benzene rings is 1. The molecule has 3 aromatic rings. The molecule has 0 aliphatic carbocycles. The zero-order valence-electron chi connectivity index (χ0n) is 16.3. The van der Waals surface area contributed by atoms with Crippen molar-refractivity contribution in [1.82, 2.24) is 14.3 Å². The second-order valence-electron chi connectivity index (χ2n) is 7.25. The molecule has 0 bridgehead atoms. The van der Waals surface area contributed by atoms with Gasteiger partial charge in [-0.1, -0.05) is 0 Å². The van der Waals surface area contributed by atoms with E-state index < -0.39 is 11.7 Å². The predicted octanol–water partition coefficient (Wildman–Crippen LogP) is 3.81. The van der Waals surface area contributed by atoms with E-state index in [1.807, 2.05) is 29.1 Å². The highest BCUT2D eigenvalue weighted by Gasteiger charge is 2.18. The largest absolute Gasteiger partial charge is 0.444 e. The van der Waals surface area contributed by atoms with E-state index in [0.29, 0.717) is 22.8 Å². The number of hydrogen-bond acceptors (Lipinski definition) is 4. The molecule has 28 heavy (non-hydrogen) atoms. The van der Waals surface area contributed by atoms with Crippen molar-refractivity contribution in [1.29, 1.82) is 0 Å². The van der Waals surface area contributed by atoms with Crippen molar-refractivity contribution in [3.8, 4) is 5.82 Å². The first-order valence-electron chi connectivity index (χ1n) is 8.80. The summed E-state index contributed by atoms with van der Waals surface area (Å²) in [7, 11) is 1.78. The highest BCUT2D eigenvalue weighted by Crippen LogP contribution is 2.19. The van der Waals surface area contributed by atoms with Crippen LogP contribution in [0, 0.1) is 0 Å². The molecule has 0 aliphatic heterocycles. The Hall–Kier alpha value is -3.55. The number of rotatable bonds is 4. The molecular formula is C20H23N5O3. The second kappa shape index (κ2) is 7.59. The van der Waals surface area contributed by atoms with Crippen molar-refractivity contribution in [3.05, 3.63) is 60.6 Å². The monoisotopic (exact) mass is 381 g/mol. The Labute approximate surface area is 163 Å². The van der Waals surface area contributed by atoms with Gasteiger partial charge in [-0.05, 0) is 57.2 Å². The van der Waals surface area contributed by atoms with Gasteiger partial charge in [-0.2, -0.15) is 5.10 Å². The highest BCUT2D eigenvalue weighted by atomic mass is 16.6. The lowest BCUT2D eigenvalue weighted by Crippen LogP contribution is -2.27. The van der Waals surface area contributed by atoms with Crippen LogP contribution in [0.1, 0.15) is 31.1 Å². The minimum atomic E-state index is -0.570. The summed E-state index contributed by atoms with van der Waals surface area (Å²) in [6.07, 6.45) is 4.70. The van der Waals surface area contributed by atoms with Crippen LogP contribution in [-0.2, 0) is 11.8 Å². The number of anilines is 2. The van der Waals surface area contributed by atoms with Crippen molar-refractivity contribution < 1.29 is 14.3 Å². The third kappa shape index (κ3) is 4.59. The van der Waals surface area contributed by atoms with E-state index in [1.165, 1.54) is 6.20 Å². The first-order valence-corrected chi connectivity index (χ1v) is 8.80. The van der Waals surface area contributed by atoms with E-state index >= 15 is 0 Å². The summed E-state index contributed by atoms with van der Waals surface area (Å²) in [5, 5.41) is 9.68. The molecule has 0 saturated heterocycles. The van der Waals surface area contributed by atoms with E-state index in [0.717, 1.165) is 0 Å². The molecule has 1 aromatic carbocycles. The summed E-state index contributed by atoms with van der Waals surface area (Å²) in [5.74, 6) is 0.398. The number of aryl methyl sites for hydroxylation is 1. The van der Waals surface area contributed by atoms with E-state index in [2.05, 4.69) is 15.7 Å². The Morgan fingerprint density at radius 2 is 1.57 bits per heavy atom. The molecular weight excluding hydrogens is 358 g/mol. The van der Waals surface area contributed by atoms with Crippen LogP contribution in [0.25, 0.3) is 5.82 Å². The molecule has 2 amide bonds. The van der Waals surface area contributed by atoms with Gasteiger partial charge in [0.15, 0.2) is 0 Å². The van der Waals surface area contributed by atoms with Gasteiger partial charge in [-0.15, -0.1) is 0 Å². The van der Waals surface area contributed by atoms with Crippen molar-refractivity contribution in [2.75, 3.05) is 10.6 Å². The summed E-state index contributed by atoms with van der Waals surface area (Å²) in [4.78, 5) is 24.5. The summed E-state index contributed by atoms with van der Waals surface area (Å²) in [6, 6.07) is 10.5. The van der Waals surface area contributed by atoms with Crippen LogP contribution < -0.4 is 10.6 Å². The zero-order chi connectivity index (χ0) is 20.3. The number of nitrogens with zero attached hydrogens (tertiary/aromatic N) is 3. The number of nitrogens with one attached hydrogen (secondary N) is 2. The lowest BCUT2D eigenvalue weighted by atomic mass is 10.2. The molecule has 0 saturated carbocycles. The molecule has 8 heteroatoms. The third-order valence-electron chi connectivity index (χ3n) is 3.79. The highest BCUT2D eigenvalue weighted by molar-refractivity contribution is 6.06. The number of carbonyl (C=O) groups is 2. The minimum absolute atomic E-state index is 0.273. The van der Waals surface area contributed by atoms with Crippen molar-refractivity contribution in [2.45, 2.75) is 26.4 Å². The SMILES string of the molecule is Cn1ncc(C(=O)Nc2ccc(NC(=O)OC(C)(C)C)cc2)c1-n1cccc1. The van der Waals surface area contributed by atoms with Crippen molar-refractivity contribution >= 4 is 23.4 Å². The van der Waals surface area contributed by atoms with Gasteiger partial charge in [0.1, 0.15) is 17.0 Å². The van der Waals surface area contributed by atoms with Crippen molar-refractivity contribution in [3.63, 3.8) is 0 Å². The number of amides is 2. The maximum atomic E-state index is 12.7. The van der Waals surface area contributed by atoms with Gasteiger partial charge in [0.25, 0.3) is 5.91 Å². The molecule has 2 heterocycles. The van der Waals surface area contributed by atoms with Gasteiger partial charge >= 0.3 is 6.09 Å². The van der Waals surface area contributed by atoms with Crippen LogP contribution in [0.5, 0.6) is 0 Å². The van der Waals surface area contributed by atoms with Gasteiger partial charge in [0.05, 0.1) is 6.20 Å². The first kappa shape index (κ1) is 19.2. The fourth-order valence-electron chi connectivity index (χ4n) is 2.63. The summed E-state index contributed by atoms with van der Waals surface area (Å²) in [6.45, 7) is 5.39. The number of aromatic nitrogens is 3. The molecule has 146 valence electrons. The first-order chi connectivity index (χ1) is 13.2. The standard InChI is InChI=1S/C20H23N5O3/c1-20(2,3)28-19(27)23-15-9-7-14(8-10-15)22-17(26)16-13-21-24(4)18(16)25-11-5-6-12-25/h5-13H,1-4H3,(H,22,26)(H,23,27). The number of hydrogen-bond donors (Lipinski definition) is 2. The lowest BCUT2D eigenvalue weighted by molar-refractivity contribution is 0.0635. The fraction of sp³-hybridized carbons (Fsp3) is 0.250. The average molecular weight is 381 g/mol. The smallest absolute Gasteiger partial charge is 0.412 e. The third-order valence-corrected chi connectivity index (χ3v) is 3.79. The van der Waals surface area contributed by atoms with Crippen LogP contribution in [0.15, 0.2) is 55.0 Å². The van der Waals surface area contributed by atoms with Gasteiger partial charge in [0, 0.05) is 30.8 Å². The Morgan fingerprint density at radius 3 is 2.14 bits per heavy atom. The molecule has 0 atom stereocenters. The maximum absolute atomic E-state index is 12.7. The van der Waals surface area contributed by atoms with Gasteiger partial charge in [-0.3, -0.25) is 14.8 Å². The van der Waals surface area contributed by atoms with E-state index in [4.69, 9.17) is 4.74 Å². The molecule has 0 unspecified atom stereocenters. The van der Waals surface area contributed by atoms with E-state index in [9.17, 15) is 9.59 Å². The number of ether oxygens (including phenoxy) is 1. The van der Waals surface area contributed by atoms with Gasteiger partial charge in [0.2, 0.25) is 0 Å². The quantitative estimate of drug-likeness (QED) is 0.719. The zero-order valence-corrected chi connectivity index (χ0v) is 16.3. The van der Waals surface area contributed by atoms with Gasteiger partial charge < -0.3 is 14.6 Å². The lowest BCUT2D eigenvalue weighted by Gasteiger charge is -2.19. The number of carbonyl (C=O) groups excluding carboxylic acids is 2. The van der Waals surface area contributed by atoms with Gasteiger partial charge in [-0.25, -0.2) is 4.79 Å². The summed E-state index contributed by atoms with van der Waals surface area (Å²) < 4.78 is 8.68. The van der Waals surface area contributed by atoms with E-state index in [1.54, 1.807) is 56.8 Å².